The van der Waals surface area contributed by atoms with Crippen molar-refractivity contribution in [2.24, 2.45) is 5.73 Å². The van der Waals surface area contributed by atoms with Crippen molar-refractivity contribution in [2.45, 2.75) is 0 Å². The number of nitrogens with two attached hydrogens (primary N) is 1. The van der Waals surface area contributed by atoms with Crippen molar-refractivity contribution < 1.29 is 9.59 Å². The number of hydrogen-bond acceptors (Lipinski definition) is 3. The largest absolute Gasteiger partial charge is 0.351 e. The van der Waals surface area contributed by atoms with E-state index < -0.39 is 6.03 Å². The molecule has 0 bridgehead atoms. The lowest BCUT2D eigenvalue weighted by Gasteiger charge is -2.07. The van der Waals surface area contributed by atoms with Gasteiger partial charge in [0, 0.05) is 23.1 Å². The van der Waals surface area contributed by atoms with E-state index in [1.165, 1.54) is 12.3 Å². The summed E-state index contributed by atoms with van der Waals surface area (Å²) in [6.07, 6.45) is 1.46. The molecule has 102 valence electrons. The van der Waals surface area contributed by atoms with Gasteiger partial charge < -0.3 is 16.4 Å². The number of amides is 3. The summed E-state index contributed by atoms with van der Waals surface area (Å²) in [5.41, 5.74) is 6.53. The molecule has 0 radical (unpaired) electrons. The van der Waals surface area contributed by atoms with Crippen LogP contribution in [0.15, 0.2) is 42.6 Å². The van der Waals surface area contributed by atoms with Gasteiger partial charge in [-0.25, -0.2) is 9.78 Å². The molecular formula is C13H11ClN4O2. The predicted molar refractivity (Wildman–Crippen MR) is 76.8 cm³/mol. The molecule has 0 saturated heterocycles. The molecule has 3 amide bonds. The maximum absolute atomic E-state index is 11.9. The number of primary amides is 1. The number of rotatable bonds is 3. The fourth-order valence-electron chi connectivity index (χ4n) is 1.53. The number of anilines is 2. The van der Waals surface area contributed by atoms with Crippen LogP contribution < -0.4 is 16.4 Å². The Kier molecular flexibility index (Phi) is 4.17. The Bertz CT molecular complexity index is 643. The zero-order valence-corrected chi connectivity index (χ0v) is 11.0. The van der Waals surface area contributed by atoms with E-state index in [1.54, 1.807) is 30.3 Å². The topological polar surface area (TPSA) is 97.1 Å². The van der Waals surface area contributed by atoms with Gasteiger partial charge in [-0.1, -0.05) is 11.6 Å². The van der Waals surface area contributed by atoms with Crippen molar-refractivity contribution in [2.75, 3.05) is 10.6 Å². The average molecular weight is 291 g/mol. The third kappa shape index (κ3) is 3.69. The summed E-state index contributed by atoms with van der Waals surface area (Å²) in [5, 5.41) is 5.37. The van der Waals surface area contributed by atoms with Gasteiger partial charge in [0.1, 0.15) is 5.15 Å². The van der Waals surface area contributed by atoms with Crippen molar-refractivity contribution in [3.05, 3.63) is 53.3 Å². The molecule has 7 heteroatoms. The van der Waals surface area contributed by atoms with Gasteiger partial charge in [-0.2, -0.15) is 0 Å². The Labute approximate surface area is 120 Å². The molecule has 0 fully saturated rings. The Hall–Kier alpha value is -2.60. The van der Waals surface area contributed by atoms with Gasteiger partial charge in [-0.3, -0.25) is 4.79 Å². The molecule has 6 nitrogen and oxygen atoms in total. The summed E-state index contributed by atoms with van der Waals surface area (Å²) in [6, 6.07) is 8.93. The summed E-state index contributed by atoms with van der Waals surface area (Å²) in [7, 11) is 0. The number of nitrogens with zero attached hydrogens (tertiary/aromatic N) is 1. The standard InChI is InChI=1S/C13H11ClN4O2/c14-11-7-8(5-6-16-11)12(19)17-9-1-3-10(4-2-9)18-13(15)20/h1-7H,(H,17,19)(H3,15,18,20). The van der Waals surface area contributed by atoms with Gasteiger partial charge >= 0.3 is 6.03 Å². The Morgan fingerprint density at radius 1 is 1.05 bits per heavy atom. The average Bonchev–Trinajstić information content (AvgIpc) is 2.40. The van der Waals surface area contributed by atoms with Gasteiger partial charge in [-0.05, 0) is 36.4 Å². The molecule has 0 aliphatic carbocycles. The van der Waals surface area contributed by atoms with Crippen LogP contribution in [0.1, 0.15) is 10.4 Å². The third-order valence-electron chi connectivity index (χ3n) is 2.40. The second-order valence-corrected chi connectivity index (χ2v) is 4.28. The number of pyridine rings is 1. The van der Waals surface area contributed by atoms with Gasteiger partial charge in [-0.15, -0.1) is 0 Å². The molecule has 0 aliphatic rings. The summed E-state index contributed by atoms with van der Waals surface area (Å²) in [5.74, 6) is -0.301. The normalized spacial score (nSPS) is 9.85. The number of urea groups is 1. The van der Waals surface area contributed by atoms with Gasteiger partial charge in [0.2, 0.25) is 0 Å². The summed E-state index contributed by atoms with van der Waals surface area (Å²) < 4.78 is 0. The van der Waals surface area contributed by atoms with Gasteiger partial charge in [0.05, 0.1) is 0 Å². The summed E-state index contributed by atoms with van der Waals surface area (Å²) >= 11 is 5.72. The highest BCUT2D eigenvalue weighted by molar-refractivity contribution is 6.29. The van der Waals surface area contributed by atoms with Crippen molar-refractivity contribution in [1.29, 1.82) is 0 Å². The molecule has 0 saturated carbocycles. The van der Waals surface area contributed by atoms with E-state index in [-0.39, 0.29) is 11.1 Å². The first-order valence-electron chi connectivity index (χ1n) is 5.64. The molecule has 2 rings (SSSR count). The molecule has 1 aromatic carbocycles. The van der Waals surface area contributed by atoms with Gasteiger partial charge in [0.15, 0.2) is 0 Å². The highest BCUT2D eigenvalue weighted by Gasteiger charge is 2.07. The first-order valence-corrected chi connectivity index (χ1v) is 6.02. The molecular weight excluding hydrogens is 280 g/mol. The van der Waals surface area contributed by atoms with Crippen LogP contribution in [0.25, 0.3) is 0 Å². The minimum Gasteiger partial charge on any atom is -0.351 e. The smallest absolute Gasteiger partial charge is 0.316 e. The van der Waals surface area contributed by atoms with Crippen LogP contribution in [0.2, 0.25) is 5.15 Å². The van der Waals surface area contributed by atoms with E-state index in [9.17, 15) is 9.59 Å². The summed E-state index contributed by atoms with van der Waals surface area (Å²) in [6.45, 7) is 0. The van der Waals surface area contributed by atoms with E-state index in [4.69, 9.17) is 17.3 Å². The number of hydrogen-bond donors (Lipinski definition) is 3. The number of halogens is 1. The molecule has 0 aliphatic heterocycles. The zero-order valence-electron chi connectivity index (χ0n) is 10.3. The Morgan fingerprint density at radius 2 is 1.65 bits per heavy atom. The van der Waals surface area contributed by atoms with Gasteiger partial charge in [0.25, 0.3) is 5.91 Å². The fourth-order valence-corrected chi connectivity index (χ4v) is 1.70. The van der Waals surface area contributed by atoms with Crippen LogP contribution in [0.4, 0.5) is 16.2 Å². The first kappa shape index (κ1) is 13.8. The third-order valence-corrected chi connectivity index (χ3v) is 2.61. The maximum Gasteiger partial charge on any atom is 0.316 e. The molecule has 0 spiro atoms. The lowest BCUT2D eigenvalue weighted by atomic mass is 10.2. The molecule has 4 N–H and O–H groups in total. The lowest BCUT2D eigenvalue weighted by molar-refractivity contribution is 0.102. The molecule has 0 unspecified atom stereocenters. The molecule has 20 heavy (non-hydrogen) atoms. The number of carbonyl (C=O) groups is 2. The van der Waals surface area contributed by atoms with Crippen LogP contribution >= 0.6 is 11.6 Å². The number of aromatic nitrogens is 1. The van der Waals surface area contributed by atoms with Crippen LogP contribution in [-0.4, -0.2) is 16.9 Å². The SMILES string of the molecule is NC(=O)Nc1ccc(NC(=O)c2ccnc(Cl)c2)cc1. The molecule has 0 atom stereocenters. The number of benzene rings is 1. The first-order chi connectivity index (χ1) is 9.54. The quantitative estimate of drug-likeness (QED) is 0.757. The zero-order chi connectivity index (χ0) is 14.5. The number of carbonyl (C=O) groups excluding carboxylic acids is 2. The van der Waals surface area contributed by atoms with E-state index in [0.717, 1.165) is 0 Å². The lowest BCUT2D eigenvalue weighted by Crippen LogP contribution is -2.19. The second-order valence-electron chi connectivity index (χ2n) is 3.89. The van der Waals surface area contributed by atoms with Crippen LogP contribution in [-0.2, 0) is 0 Å². The van der Waals surface area contributed by atoms with E-state index in [0.29, 0.717) is 16.9 Å². The molecule has 1 aromatic heterocycles. The monoisotopic (exact) mass is 290 g/mol. The van der Waals surface area contributed by atoms with E-state index >= 15 is 0 Å². The molecule has 2 aromatic rings. The highest BCUT2D eigenvalue weighted by Crippen LogP contribution is 2.15. The van der Waals surface area contributed by atoms with Crippen molar-refractivity contribution in [3.8, 4) is 0 Å². The number of nitrogens with one attached hydrogen (secondary N) is 2. The van der Waals surface area contributed by atoms with Crippen molar-refractivity contribution in [3.63, 3.8) is 0 Å². The minimum absolute atomic E-state index is 0.249. The van der Waals surface area contributed by atoms with E-state index in [2.05, 4.69) is 15.6 Å². The predicted octanol–water partition coefficient (Wildman–Crippen LogP) is 2.48. The highest BCUT2D eigenvalue weighted by atomic mass is 35.5. The van der Waals surface area contributed by atoms with Crippen LogP contribution in [0.5, 0.6) is 0 Å². The van der Waals surface area contributed by atoms with E-state index in [1.807, 2.05) is 0 Å². The fraction of sp³-hybridized carbons (Fsp3) is 0. The molecule has 1 heterocycles. The Balaban J connectivity index is 2.06. The second kappa shape index (κ2) is 6.03. The van der Waals surface area contributed by atoms with Crippen LogP contribution in [0.3, 0.4) is 0 Å². The van der Waals surface area contributed by atoms with Crippen molar-refractivity contribution in [1.82, 2.24) is 4.98 Å². The van der Waals surface area contributed by atoms with Crippen LogP contribution in [0, 0.1) is 0 Å². The Morgan fingerprint density at radius 3 is 2.20 bits per heavy atom. The maximum atomic E-state index is 11.9. The summed E-state index contributed by atoms with van der Waals surface area (Å²) in [4.78, 5) is 26.4. The minimum atomic E-state index is -0.645. The van der Waals surface area contributed by atoms with Crippen molar-refractivity contribution >= 4 is 34.9 Å².